The molecule has 3 aromatic rings. The summed E-state index contributed by atoms with van der Waals surface area (Å²) in [6.45, 7) is 0. The van der Waals surface area contributed by atoms with Gasteiger partial charge in [-0.15, -0.1) is 0 Å². The van der Waals surface area contributed by atoms with Crippen LogP contribution in [0.2, 0.25) is 0 Å². The number of carbonyl (C=O) groups is 1. The Morgan fingerprint density at radius 1 is 1.32 bits per heavy atom. The first-order valence-electron chi connectivity index (χ1n) is 5.71. The third-order valence-corrected chi connectivity index (χ3v) is 2.84. The molecule has 1 N–H and O–H groups in total. The number of nitrogens with zero attached hydrogens (tertiary/aromatic N) is 2. The second kappa shape index (κ2) is 4.42. The maximum atomic E-state index is 12.1. The summed E-state index contributed by atoms with van der Waals surface area (Å²) in [4.78, 5) is 19.4. The van der Waals surface area contributed by atoms with E-state index in [4.69, 9.17) is 4.42 Å². The molecule has 0 aliphatic heterocycles. The number of nitriles is 1. The van der Waals surface area contributed by atoms with Gasteiger partial charge in [-0.05, 0) is 24.3 Å². The summed E-state index contributed by atoms with van der Waals surface area (Å²) < 4.78 is 5.03. The van der Waals surface area contributed by atoms with Gasteiger partial charge in [0.15, 0.2) is 11.7 Å². The number of nitrogens with one attached hydrogen (secondary N) is 1. The molecule has 3 rings (SSSR count). The van der Waals surface area contributed by atoms with Crippen LogP contribution in [0.4, 0.5) is 0 Å². The number of para-hydroxylation sites is 2. The van der Waals surface area contributed by atoms with Crippen LogP contribution in [0.15, 0.2) is 47.1 Å². The number of aromatic nitrogens is 2. The standard InChI is InChI=1S/C14H9N3O2/c15-8-9(13(18)12-6-3-7-19-12)14-16-10-4-1-2-5-11(10)17-14/h1-7,9H,(H,16,17)/t9-/m0/s1. The third-order valence-electron chi connectivity index (χ3n) is 2.84. The van der Waals surface area contributed by atoms with E-state index in [1.54, 1.807) is 6.07 Å². The van der Waals surface area contributed by atoms with E-state index in [2.05, 4.69) is 9.97 Å². The Bertz CT molecular complexity index is 732. The summed E-state index contributed by atoms with van der Waals surface area (Å²) in [5.74, 6) is -0.887. The Morgan fingerprint density at radius 3 is 2.84 bits per heavy atom. The second-order valence-electron chi connectivity index (χ2n) is 4.04. The summed E-state index contributed by atoms with van der Waals surface area (Å²) in [6.07, 6.45) is 1.40. The highest BCUT2D eigenvalue weighted by molar-refractivity contribution is 6.00. The van der Waals surface area contributed by atoms with Crippen molar-refractivity contribution in [1.82, 2.24) is 9.97 Å². The molecule has 5 nitrogen and oxygen atoms in total. The molecule has 0 spiro atoms. The van der Waals surface area contributed by atoms with Gasteiger partial charge in [0.1, 0.15) is 5.82 Å². The lowest BCUT2D eigenvalue weighted by Crippen LogP contribution is -2.11. The first-order chi connectivity index (χ1) is 9.29. The Labute approximate surface area is 108 Å². The monoisotopic (exact) mass is 251 g/mol. The average Bonchev–Trinajstić information content (AvgIpc) is 3.08. The zero-order valence-electron chi connectivity index (χ0n) is 9.83. The van der Waals surface area contributed by atoms with Gasteiger partial charge in [-0.3, -0.25) is 4.79 Å². The Balaban J connectivity index is 2.03. The fourth-order valence-electron chi connectivity index (χ4n) is 1.91. The molecule has 0 unspecified atom stereocenters. The highest BCUT2D eigenvalue weighted by atomic mass is 16.3. The predicted molar refractivity (Wildman–Crippen MR) is 67.5 cm³/mol. The van der Waals surface area contributed by atoms with E-state index in [1.807, 2.05) is 30.3 Å². The van der Waals surface area contributed by atoms with Crippen molar-refractivity contribution < 1.29 is 9.21 Å². The summed E-state index contributed by atoms with van der Waals surface area (Å²) in [6, 6.07) is 12.5. The van der Waals surface area contributed by atoms with Crippen LogP contribution in [0.1, 0.15) is 22.3 Å². The molecular formula is C14H9N3O2. The molecule has 0 saturated carbocycles. The molecule has 0 aliphatic rings. The fourth-order valence-corrected chi connectivity index (χ4v) is 1.91. The third kappa shape index (κ3) is 1.89. The lowest BCUT2D eigenvalue weighted by atomic mass is 10.0. The van der Waals surface area contributed by atoms with E-state index in [9.17, 15) is 10.1 Å². The number of aromatic amines is 1. The first kappa shape index (κ1) is 11.2. The van der Waals surface area contributed by atoms with Crippen molar-refractivity contribution in [1.29, 1.82) is 5.26 Å². The van der Waals surface area contributed by atoms with Crippen LogP contribution < -0.4 is 0 Å². The number of hydrogen-bond donors (Lipinski definition) is 1. The van der Waals surface area contributed by atoms with E-state index < -0.39 is 11.7 Å². The van der Waals surface area contributed by atoms with Crippen LogP contribution in [0.5, 0.6) is 0 Å². The number of H-pyrrole nitrogens is 1. The highest BCUT2D eigenvalue weighted by Gasteiger charge is 2.26. The SMILES string of the molecule is N#C[C@@H](C(=O)c1ccco1)c1nc2ccccc2[nH]1. The van der Waals surface area contributed by atoms with Crippen LogP contribution in [-0.2, 0) is 0 Å². The molecule has 0 fully saturated rings. The van der Waals surface area contributed by atoms with E-state index >= 15 is 0 Å². The molecule has 2 heterocycles. The van der Waals surface area contributed by atoms with E-state index in [-0.39, 0.29) is 5.76 Å². The van der Waals surface area contributed by atoms with Gasteiger partial charge in [0, 0.05) is 0 Å². The van der Waals surface area contributed by atoms with Gasteiger partial charge in [0.25, 0.3) is 0 Å². The number of furan rings is 1. The highest BCUT2D eigenvalue weighted by Crippen LogP contribution is 2.21. The van der Waals surface area contributed by atoms with E-state index in [0.717, 1.165) is 11.0 Å². The average molecular weight is 251 g/mol. The van der Waals surface area contributed by atoms with Crippen molar-refractivity contribution in [3.8, 4) is 6.07 Å². The molecule has 0 saturated heterocycles. The van der Waals surface area contributed by atoms with Crippen LogP contribution in [0.3, 0.4) is 0 Å². The number of fused-ring (bicyclic) bond motifs is 1. The second-order valence-corrected chi connectivity index (χ2v) is 4.04. The maximum absolute atomic E-state index is 12.1. The molecular weight excluding hydrogens is 242 g/mol. The topological polar surface area (TPSA) is 82.7 Å². The molecule has 2 aromatic heterocycles. The molecule has 1 atom stereocenters. The molecule has 0 aliphatic carbocycles. The molecule has 0 radical (unpaired) electrons. The lowest BCUT2D eigenvalue weighted by Gasteiger charge is -2.01. The molecule has 92 valence electrons. The van der Waals surface area contributed by atoms with Gasteiger partial charge in [-0.2, -0.15) is 5.26 Å². The maximum Gasteiger partial charge on any atom is 0.222 e. The van der Waals surface area contributed by atoms with Gasteiger partial charge in [-0.1, -0.05) is 12.1 Å². The Morgan fingerprint density at radius 2 is 2.16 bits per heavy atom. The molecule has 19 heavy (non-hydrogen) atoms. The predicted octanol–water partition coefficient (Wildman–Crippen LogP) is 2.65. The molecule has 0 amide bonds. The van der Waals surface area contributed by atoms with Gasteiger partial charge < -0.3 is 9.40 Å². The Hall–Kier alpha value is -2.87. The number of imidazole rings is 1. The van der Waals surface area contributed by atoms with Gasteiger partial charge in [0.05, 0.1) is 23.4 Å². The summed E-state index contributed by atoms with van der Waals surface area (Å²) >= 11 is 0. The minimum absolute atomic E-state index is 0.159. The first-order valence-corrected chi connectivity index (χ1v) is 5.71. The fraction of sp³-hybridized carbons (Fsp3) is 0.0714. The van der Waals surface area contributed by atoms with Gasteiger partial charge in [0.2, 0.25) is 5.78 Å². The van der Waals surface area contributed by atoms with Gasteiger partial charge in [-0.25, -0.2) is 4.98 Å². The molecule has 0 bridgehead atoms. The minimum atomic E-state index is -0.987. The van der Waals surface area contributed by atoms with Crippen molar-refractivity contribution in [2.45, 2.75) is 5.92 Å². The number of Topliss-reactive ketones (excluding diaryl/α,β-unsaturated/α-hetero) is 1. The van der Waals surface area contributed by atoms with Crippen LogP contribution in [-0.4, -0.2) is 15.8 Å². The van der Waals surface area contributed by atoms with E-state index in [1.165, 1.54) is 12.3 Å². The van der Waals surface area contributed by atoms with Crippen molar-refractivity contribution in [2.75, 3.05) is 0 Å². The zero-order chi connectivity index (χ0) is 13.2. The largest absolute Gasteiger partial charge is 0.461 e. The summed E-state index contributed by atoms with van der Waals surface area (Å²) in [5, 5.41) is 9.20. The summed E-state index contributed by atoms with van der Waals surface area (Å²) in [5.41, 5.74) is 1.52. The Kier molecular flexibility index (Phi) is 2.62. The molecule has 1 aromatic carbocycles. The number of carbonyl (C=O) groups excluding carboxylic acids is 1. The van der Waals surface area contributed by atoms with Crippen molar-refractivity contribution >= 4 is 16.8 Å². The van der Waals surface area contributed by atoms with Crippen LogP contribution in [0.25, 0.3) is 11.0 Å². The zero-order valence-corrected chi connectivity index (χ0v) is 9.83. The smallest absolute Gasteiger partial charge is 0.222 e. The minimum Gasteiger partial charge on any atom is -0.461 e. The number of ketones is 1. The summed E-state index contributed by atoms with van der Waals surface area (Å²) in [7, 11) is 0. The normalized spacial score (nSPS) is 12.2. The lowest BCUT2D eigenvalue weighted by molar-refractivity contribution is 0.0949. The quantitative estimate of drug-likeness (QED) is 0.725. The number of rotatable bonds is 3. The number of benzene rings is 1. The van der Waals surface area contributed by atoms with Crippen LogP contribution >= 0.6 is 0 Å². The van der Waals surface area contributed by atoms with Crippen molar-refractivity contribution in [2.24, 2.45) is 0 Å². The number of hydrogen-bond acceptors (Lipinski definition) is 4. The van der Waals surface area contributed by atoms with Gasteiger partial charge >= 0.3 is 0 Å². The van der Waals surface area contributed by atoms with Crippen LogP contribution in [0, 0.1) is 11.3 Å². The van der Waals surface area contributed by atoms with Crippen molar-refractivity contribution in [3.05, 3.63) is 54.2 Å². The van der Waals surface area contributed by atoms with Crippen molar-refractivity contribution in [3.63, 3.8) is 0 Å². The van der Waals surface area contributed by atoms with E-state index in [0.29, 0.717) is 5.82 Å². The molecule has 5 heteroatoms.